The highest BCUT2D eigenvalue weighted by molar-refractivity contribution is 9.10. The monoisotopic (exact) mass is 240 g/mol. The summed E-state index contributed by atoms with van der Waals surface area (Å²) in [5.41, 5.74) is 8.75. The summed E-state index contributed by atoms with van der Waals surface area (Å²) in [7, 11) is 0. The van der Waals surface area contributed by atoms with Crippen LogP contribution >= 0.6 is 15.9 Å². The lowest BCUT2D eigenvalue weighted by molar-refractivity contribution is 0.872. The van der Waals surface area contributed by atoms with Gasteiger partial charge in [0, 0.05) is 4.47 Å². The van der Waals surface area contributed by atoms with Crippen molar-refractivity contribution < 1.29 is 0 Å². The number of nitrogens with two attached hydrogens (primary N) is 1. The Labute approximate surface area is 83.9 Å². The second kappa shape index (κ2) is 2.70. The normalized spacial score (nSPS) is 11.0. The average Bonchev–Trinajstić information content (AvgIpc) is 2.33. The van der Waals surface area contributed by atoms with Crippen molar-refractivity contribution in [3.05, 3.63) is 22.1 Å². The second-order valence-electron chi connectivity index (χ2n) is 2.93. The highest BCUT2D eigenvalue weighted by atomic mass is 79.9. The van der Waals surface area contributed by atoms with Crippen molar-refractivity contribution in [3.63, 3.8) is 0 Å². The van der Waals surface area contributed by atoms with E-state index in [9.17, 15) is 0 Å². The van der Waals surface area contributed by atoms with Gasteiger partial charge in [-0.25, -0.2) is 9.50 Å². The van der Waals surface area contributed by atoms with E-state index < -0.39 is 0 Å². The van der Waals surface area contributed by atoms with Gasteiger partial charge < -0.3 is 5.73 Å². The van der Waals surface area contributed by atoms with Gasteiger partial charge in [-0.1, -0.05) is 0 Å². The van der Waals surface area contributed by atoms with Gasteiger partial charge >= 0.3 is 0 Å². The maximum Gasteiger partial charge on any atom is 0.151 e. The third-order valence-corrected chi connectivity index (χ3v) is 3.31. The third-order valence-electron chi connectivity index (χ3n) is 2.14. The van der Waals surface area contributed by atoms with E-state index in [1.54, 1.807) is 4.52 Å². The van der Waals surface area contributed by atoms with E-state index in [1.807, 2.05) is 13.8 Å². The smallest absolute Gasteiger partial charge is 0.151 e. The van der Waals surface area contributed by atoms with Gasteiger partial charge in [-0.3, -0.25) is 0 Å². The van der Waals surface area contributed by atoms with Crippen molar-refractivity contribution >= 4 is 27.3 Å². The van der Waals surface area contributed by atoms with Crippen LogP contribution in [0, 0.1) is 13.8 Å². The molecule has 0 radical (unpaired) electrons. The van der Waals surface area contributed by atoms with E-state index in [2.05, 4.69) is 26.0 Å². The number of hydrogen-bond acceptors (Lipinski definition) is 3. The highest BCUT2D eigenvalue weighted by Gasteiger charge is 2.12. The first-order valence-corrected chi connectivity index (χ1v) is 4.66. The Morgan fingerprint density at radius 1 is 1.46 bits per heavy atom. The number of hydrogen-bond donors (Lipinski definition) is 1. The van der Waals surface area contributed by atoms with Crippen LogP contribution in [0.1, 0.15) is 11.3 Å². The molecule has 2 rings (SSSR count). The molecule has 0 saturated carbocycles. The number of nitrogen functional groups attached to an aromatic ring is 1. The van der Waals surface area contributed by atoms with E-state index in [-0.39, 0.29) is 0 Å². The summed E-state index contributed by atoms with van der Waals surface area (Å²) in [4.78, 5) is 3.95. The molecule has 0 amide bonds. The molecule has 0 bridgehead atoms. The highest BCUT2D eigenvalue weighted by Crippen LogP contribution is 2.28. The Bertz CT molecular complexity index is 474. The molecule has 0 aliphatic rings. The Kier molecular flexibility index (Phi) is 1.76. The molecule has 68 valence electrons. The molecule has 4 nitrogen and oxygen atoms in total. The zero-order valence-electron chi connectivity index (χ0n) is 7.37. The fraction of sp³-hybridized carbons (Fsp3) is 0.250. The van der Waals surface area contributed by atoms with Crippen molar-refractivity contribution in [1.82, 2.24) is 14.6 Å². The van der Waals surface area contributed by atoms with Gasteiger partial charge in [-0.05, 0) is 35.3 Å². The third kappa shape index (κ3) is 1.03. The van der Waals surface area contributed by atoms with E-state index in [4.69, 9.17) is 5.73 Å². The van der Waals surface area contributed by atoms with E-state index in [1.165, 1.54) is 6.33 Å². The minimum absolute atomic E-state index is 0.515. The molecule has 0 spiro atoms. The molecular weight excluding hydrogens is 232 g/mol. The number of aromatic nitrogens is 3. The fourth-order valence-corrected chi connectivity index (χ4v) is 1.80. The quantitative estimate of drug-likeness (QED) is 0.763. The molecule has 2 heterocycles. The lowest BCUT2D eigenvalue weighted by atomic mass is 10.3. The van der Waals surface area contributed by atoms with E-state index >= 15 is 0 Å². The zero-order valence-corrected chi connectivity index (χ0v) is 8.96. The van der Waals surface area contributed by atoms with Crippen LogP contribution in [0.5, 0.6) is 0 Å². The Balaban J connectivity index is 3.03. The maximum atomic E-state index is 5.75. The topological polar surface area (TPSA) is 56.2 Å². The minimum Gasteiger partial charge on any atom is -0.382 e. The summed E-state index contributed by atoms with van der Waals surface area (Å²) in [6, 6.07) is 0. The van der Waals surface area contributed by atoms with Crippen LogP contribution in [0.4, 0.5) is 5.82 Å². The van der Waals surface area contributed by atoms with Gasteiger partial charge in [-0.15, -0.1) is 0 Å². The summed E-state index contributed by atoms with van der Waals surface area (Å²) in [5, 5.41) is 4.12. The number of rotatable bonds is 0. The first-order valence-electron chi connectivity index (χ1n) is 3.86. The number of nitrogens with zero attached hydrogens (tertiary/aromatic N) is 3. The molecular formula is C8H9BrN4. The van der Waals surface area contributed by atoms with Crippen LogP contribution in [0.15, 0.2) is 10.8 Å². The van der Waals surface area contributed by atoms with Crippen molar-refractivity contribution in [1.29, 1.82) is 0 Å². The van der Waals surface area contributed by atoms with E-state index in [0.717, 1.165) is 21.2 Å². The lowest BCUT2D eigenvalue weighted by Gasteiger charge is -1.97. The van der Waals surface area contributed by atoms with Crippen LogP contribution in [0.3, 0.4) is 0 Å². The summed E-state index contributed by atoms with van der Waals surface area (Å²) >= 11 is 3.48. The standard InChI is InChI=1S/C8H9BrN4/c1-4-6(9)5(2)13-7(4)8(10)11-3-12-13/h3H,1-2H3,(H2,10,11,12). The molecule has 5 heteroatoms. The maximum absolute atomic E-state index is 5.75. The first kappa shape index (κ1) is 8.50. The molecule has 2 aromatic heterocycles. The Morgan fingerprint density at radius 3 is 2.77 bits per heavy atom. The fourth-order valence-electron chi connectivity index (χ4n) is 1.44. The summed E-state index contributed by atoms with van der Waals surface area (Å²) < 4.78 is 2.83. The Morgan fingerprint density at radius 2 is 2.15 bits per heavy atom. The van der Waals surface area contributed by atoms with Crippen LogP contribution in [0.2, 0.25) is 0 Å². The van der Waals surface area contributed by atoms with E-state index in [0.29, 0.717) is 5.82 Å². The van der Waals surface area contributed by atoms with Crippen molar-refractivity contribution in [2.75, 3.05) is 5.73 Å². The van der Waals surface area contributed by atoms with Crippen LogP contribution in [-0.4, -0.2) is 14.6 Å². The van der Waals surface area contributed by atoms with Gasteiger partial charge in [0.2, 0.25) is 0 Å². The lowest BCUT2D eigenvalue weighted by Crippen LogP contribution is -2.00. The van der Waals surface area contributed by atoms with Gasteiger partial charge in [0.25, 0.3) is 0 Å². The van der Waals surface area contributed by atoms with Crippen LogP contribution in [-0.2, 0) is 0 Å². The Hall–Kier alpha value is -1.10. The zero-order chi connectivity index (χ0) is 9.59. The molecule has 0 aliphatic carbocycles. The van der Waals surface area contributed by atoms with Crippen molar-refractivity contribution in [2.45, 2.75) is 13.8 Å². The summed E-state index contributed by atoms with van der Waals surface area (Å²) in [6.45, 7) is 3.97. The largest absolute Gasteiger partial charge is 0.382 e. The molecule has 0 aromatic carbocycles. The molecule has 0 saturated heterocycles. The minimum atomic E-state index is 0.515. The van der Waals surface area contributed by atoms with Crippen molar-refractivity contribution in [2.24, 2.45) is 0 Å². The SMILES string of the molecule is Cc1c(Br)c(C)n2ncnc(N)c12. The predicted octanol–water partition coefficient (Wildman–Crippen LogP) is 1.69. The van der Waals surface area contributed by atoms with Gasteiger partial charge in [0.15, 0.2) is 5.82 Å². The van der Waals surface area contributed by atoms with Crippen LogP contribution < -0.4 is 5.73 Å². The van der Waals surface area contributed by atoms with Gasteiger partial charge in [0.05, 0.1) is 5.69 Å². The molecule has 13 heavy (non-hydrogen) atoms. The predicted molar refractivity (Wildman–Crippen MR) is 54.6 cm³/mol. The first-order chi connectivity index (χ1) is 6.13. The average molecular weight is 241 g/mol. The molecule has 2 aromatic rings. The molecule has 0 unspecified atom stereocenters. The molecule has 0 aliphatic heterocycles. The molecule has 0 atom stereocenters. The summed E-state index contributed by atoms with van der Waals surface area (Å²) in [5.74, 6) is 0.515. The number of anilines is 1. The van der Waals surface area contributed by atoms with Crippen LogP contribution in [0.25, 0.3) is 5.52 Å². The van der Waals surface area contributed by atoms with Crippen molar-refractivity contribution in [3.8, 4) is 0 Å². The second-order valence-corrected chi connectivity index (χ2v) is 3.72. The summed E-state index contributed by atoms with van der Waals surface area (Å²) in [6.07, 6.45) is 1.46. The number of halogens is 1. The number of aryl methyl sites for hydroxylation is 2. The molecule has 0 fully saturated rings. The van der Waals surface area contributed by atoms with Gasteiger partial charge in [-0.2, -0.15) is 5.10 Å². The van der Waals surface area contributed by atoms with Gasteiger partial charge in [0.1, 0.15) is 11.8 Å². The molecule has 2 N–H and O–H groups in total. The number of fused-ring (bicyclic) bond motifs is 1.